The molecule has 18 heavy (non-hydrogen) atoms. The molecule has 1 aliphatic rings. The van der Waals surface area contributed by atoms with Gasteiger partial charge in [0.05, 0.1) is 5.02 Å². The first-order valence-electron chi connectivity index (χ1n) is 6.62. The van der Waals surface area contributed by atoms with Crippen LogP contribution in [0.1, 0.15) is 32.8 Å². The number of pyridine rings is 1. The largest absolute Gasteiger partial charge is 0.311 e. The fourth-order valence-electron chi connectivity index (χ4n) is 2.46. The molecule has 2 unspecified atom stereocenters. The molecule has 1 aliphatic heterocycles. The van der Waals surface area contributed by atoms with Crippen LogP contribution in [0.25, 0.3) is 0 Å². The zero-order valence-electron chi connectivity index (χ0n) is 11.4. The van der Waals surface area contributed by atoms with Gasteiger partial charge in [0.15, 0.2) is 0 Å². The highest BCUT2D eigenvalue weighted by molar-refractivity contribution is 6.31. The van der Waals surface area contributed by atoms with Crippen LogP contribution in [0, 0.1) is 0 Å². The molecule has 2 atom stereocenters. The first kappa shape index (κ1) is 13.8. The molecule has 2 heterocycles. The summed E-state index contributed by atoms with van der Waals surface area (Å²) < 4.78 is 0. The van der Waals surface area contributed by atoms with E-state index in [1.54, 1.807) is 6.20 Å². The molecule has 2 rings (SSSR count). The van der Waals surface area contributed by atoms with Gasteiger partial charge in [-0.05, 0) is 31.9 Å². The zero-order chi connectivity index (χ0) is 13.2. The second-order valence-electron chi connectivity index (χ2n) is 5.48. The number of piperazine rings is 1. The molecule has 4 heteroatoms. The number of nitrogens with zero attached hydrogens (tertiary/aromatic N) is 2. The molecule has 100 valence electrons. The highest BCUT2D eigenvalue weighted by Gasteiger charge is 2.35. The zero-order valence-corrected chi connectivity index (χ0v) is 12.2. The lowest BCUT2D eigenvalue weighted by molar-refractivity contribution is 0.0453. The molecule has 0 saturated carbocycles. The third-order valence-corrected chi connectivity index (χ3v) is 4.41. The molecule has 0 aromatic carbocycles. The highest BCUT2D eigenvalue weighted by atomic mass is 35.5. The summed E-state index contributed by atoms with van der Waals surface area (Å²) in [6.07, 6.45) is 4.68. The Morgan fingerprint density at radius 3 is 3.06 bits per heavy atom. The van der Waals surface area contributed by atoms with Gasteiger partial charge in [0.25, 0.3) is 0 Å². The van der Waals surface area contributed by atoms with Crippen LogP contribution in [0.5, 0.6) is 0 Å². The van der Waals surface area contributed by atoms with Gasteiger partial charge in [-0.2, -0.15) is 0 Å². The van der Waals surface area contributed by atoms with E-state index in [9.17, 15) is 0 Å². The topological polar surface area (TPSA) is 28.2 Å². The average Bonchev–Trinajstić information content (AvgIpc) is 2.37. The summed E-state index contributed by atoms with van der Waals surface area (Å²) in [6, 6.07) is 2.55. The van der Waals surface area contributed by atoms with E-state index in [-0.39, 0.29) is 5.54 Å². The maximum absolute atomic E-state index is 6.21. The first-order chi connectivity index (χ1) is 8.55. The number of nitrogens with one attached hydrogen (secondary N) is 1. The third kappa shape index (κ3) is 2.85. The third-order valence-electron chi connectivity index (χ3n) is 4.07. The summed E-state index contributed by atoms with van der Waals surface area (Å²) in [5, 5.41) is 4.33. The van der Waals surface area contributed by atoms with Gasteiger partial charge in [-0.3, -0.25) is 9.88 Å². The van der Waals surface area contributed by atoms with Crippen LogP contribution in [0.4, 0.5) is 0 Å². The molecule has 1 fully saturated rings. The van der Waals surface area contributed by atoms with Crippen molar-refractivity contribution in [2.75, 3.05) is 13.1 Å². The van der Waals surface area contributed by atoms with Gasteiger partial charge in [0.1, 0.15) is 0 Å². The van der Waals surface area contributed by atoms with Crippen LogP contribution in [0.3, 0.4) is 0 Å². The maximum Gasteiger partial charge on any atom is 0.0634 e. The van der Waals surface area contributed by atoms with Gasteiger partial charge in [-0.15, -0.1) is 0 Å². The Morgan fingerprint density at radius 2 is 2.39 bits per heavy atom. The van der Waals surface area contributed by atoms with E-state index in [0.29, 0.717) is 6.04 Å². The Bertz CT molecular complexity index is 410. The van der Waals surface area contributed by atoms with Crippen LogP contribution in [-0.2, 0) is 6.54 Å². The number of hydrogen-bond donors (Lipinski definition) is 1. The van der Waals surface area contributed by atoms with Gasteiger partial charge in [0.2, 0.25) is 0 Å². The van der Waals surface area contributed by atoms with E-state index >= 15 is 0 Å². The maximum atomic E-state index is 6.21. The normalized spacial score (nSPS) is 29.4. The number of rotatable bonds is 3. The van der Waals surface area contributed by atoms with Crippen molar-refractivity contribution in [1.29, 1.82) is 0 Å². The molecule has 0 aliphatic carbocycles. The molecule has 0 bridgehead atoms. The lowest BCUT2D eigenvalue weighted by Crippen LogP contribution is -2.61. The van der Waals surface area contributed by atoms with Crippen molar-refractivity contribution in [3.05, 3.63) is 29.0 Å². The van der Waals surface area contributed by atoms with E-state index < -0.39 is 0 Å². The fourth-order valence-corrected chi connectivity index (χ4v) is 2.64. The van der Waals surface area contributed by atoms with E-state index in [1.807, 2.05) is 12.3 Å². The molecule has 1 saturated heterocycles. The predicted molar refractivity (Wildman–Crippen MR) is 75.8 cm³/mol. The van der Waals surface area contributed by atoms with Gasteiger partial charge in [-0.25, -0.2) is 0 Å². The summed E-state index contributed by atoms with van der Waals surface area (Å²) in [5.41, 5.74) is 1.37. The molecule has 0 radical (unpaired) electrons. The number of halogens is 1. The van der Waals surface area contributed by atoms with Crippen LogP contribution in [0.2, 0.25) is 5.02 Å². The molecule has 1 N–H and O–H groups in total. The van der Waals surface area contributed by atoms with Gasteiger partial charge in [-0.1, -0.05) is 18.5 Å². The van der Waals surface area contributed by atoms with E-state index in [4.69, 9.17) is 11.6 Å². The van der Waals surface area contributed by atoms with Crippen molar-refractivity contribution in [2.24, 2.45) is 0 Å². The minimum absolute atomic E-state index is 0.207. The van der Waals surface area contributed by atoms with Crippen molar-refractivity contribution >= 4 is 11.6 Å². The van der Waals surface area contributed by atoms with Gasteiger partial charge in [0, 0.05) is 43.6 Å². The fraction of sp³-hybridized carbons (Fsp3) is 0.643. The Morgan fingerprint density at radius 1 is 1.61 bits per heavy atom. The Balaban J connectivity index is 2.17. The summed E-state index contributed by atoms with van der Waals surface area (Å²) in [6.45, 7) is 9.80. The van der Waals surface area contributed by atoms with Crippen molar-refractivity contribution < 1.29 is 0 Å². The molecule has 0 spiro atoms. The second kappa shape index (κ2) is 5.55. The minimum atomic E-state index is 0.207. The summed E-state index contributed by atoms with van der Waals surface area (Å²) in [4.78, 5) is 6.58. The number of hydrogen-bond acceptors (Lipinski definition) is 3. The lowest BCUT2D eigenvalue weighted by atomic mass is 9.92. The lowest BCUT2D eigenvalue weighted by Gasteiger charge is -2.47. The minimum Gasteiger partial charge on any atom is -0.311 e. The Labute approximate surface area is 115 Å². The number of aromatic nitrogens is 1. The SMILES string of the molecule is CCC1(C)CNC(C)CN1Cc1ccncc1Cl. The van der Waals surface area contributed by atoms with Gasteiger partial charge >= 0.3 is 0 Å². The molecule has 1 aromatic heterocycles. The van der Waals surface area contributed by atoms with Crippen LogP contribution in [-0.4, -0.2) is 34.6 Å². The quantitative estimate of drug-likeness (QED) is 0.913. The van der Waals surface area contributed by atoms with Crippen LogP contribution < -0.4 is 5.32 Å². The van der Waals surface area contributed by atoms with E-state index in [0.717, 1.165) is 31.1 Å². The standard InChI is InChI=1S/C14H22ClN3/c1-4-14(3)10-17-11(2)8-18(14)9-12-5-6-16-7-13(12)15/h5-7,11,17H,4,8-10H2,1-3H3. The Hall–Kier alpha value is -0.640. The molecule has 0 amide bonds. The summed E-state index contributed by atoms with van der Waals surface area (Å²) in [5.74, 6) is 0. The summed E-state index contributed by atoms with van der Waals surface area (Å²) >= 11 is 6.21. The Kier molecular flexibility index (Phi) is 4.25. The molecular weight excluding hydrogens is 246 g/mol. The van der Waals surface area contributed by atoms with Crippen molar-refractivity contribution in [3.8, 4) is 0 Å². The van der Waals surface area contributed by atoms with Gasteiger partial charge < -0.3 is 5.32 Å². The molecule has 1 aromatic rings. The van der Waals surface area contributed by atoms with E-state index in [2.05, 4.69) is 36.0 Å². The van der Waals surface area contributed by atoms with Crippen molar-refractivity contribution in [1.82, 2.24) is 15.2 Å². The first-order valence-corrected chi connectivity index (χ1v) is 7.00. The smallest absolute Gasteiger partial charge is 0.0634 e. The van der Waals surface area contributed by atoms with Crippen LogP contribution in [0.15, 0.2) is 18.5 Å². The van der Waals surface area contributed by atoms with E-state index in [1.165, 1.54) is 5.56 Å². The average molecular weight is 268 g/mol. The monoisotopic (exact) mass is 267 g/mol. The van der Waals surface area contributed by atoms with Crippen molar-refractivity contribution in [3.63, 3.8) is 0 Å². The highest BCUT2D eigenvalue weighted by Crippen LogP contribution is 2.26. The second-order valence-corrected chi connectivity index (χ2v) is 5.89. The van der Waals surface area contributed by atoms with Crippen LogP contribution >= 0.6 is 11.6 Å². The summed E-state index contributed by atoms with van der Waals surface area (Å²) in [7, 11) is 0. The predicted octanol–water partition coefficient (Wildman–Crippen LogP) is 2.70. The molecular formula is C14H22ClN3. The molecule has 3 nitrogen and oxygen atoms in total. The van der Waals surface area contributed by atoms with Crippen molar-refractivity contribution in [2.45, 2.75) is 45.3 Å².